The van der Waals surface area contributed by atoms with Crippen molar-refractivity contribution in [3.63, 3.8) is 0 Å². The maximum atomic E-state index is 11.8. The fourth-order valence-electron chi connectivity index (χ4n) is 3.00. The lowest BCUT2D eigenvalue weighted by atomic mass is 9.64. The summed E-state index contributed by atoms with van der Waals surface area (Å²) in [5, 5.41) is 6.82. The Morgan fingerprint density at radius 1 is 1.30 bits per heavy atom. The van der Waals surface area contributed by atoms with Crippen molar-refractivity contribution in [3.8, 4) is 0 Å². The molecule has 1 rings (SSSR count). The number of likely N-dealkylation sites (N-methyl/N-ethyl adjacent to an activating group) is 1. The zero-order valence-electron chi connectivity index (χ0n) is 15.4. The number of guanidine groups is 1. The first kappa shape index (κ1) is 20.1. The van der Waals surface area contributed by atoms with Crippen LogP contribution in [0.1, 0.15) is 39.5 Å². The second kappa shape index (κ2) is 10.1. The summed E-state index contributed by atoms with van der Waals surface area (Å²) >= 11 is 1.80. The van der Waals surface area contributed by atoms with E-state index >= 15 is 0 Å². The third-order valence-electron chi connectivity index (χ3n) is 4.36. The van der Waals surface area contributed by atoms with Crippen LogP contribution in [0, 0.1) is 11.3 Å². The van der Waals surface area contributed by atoms with Crippen molar-refractivity contribution >= 4 is 23.6 Å². The van der Waals surface area contributed by atoms with E-state index < -0.39 is 0 Å². The largest absolute Gasteiger partial charge is 0.356 e. The average molecular weight is 343 g/mol. The molecule has 2 N–H and O–H groups in total. The van der Waals surface area contributed by atoms with Gasteiger partial charge in [-0.15, -0.1) is 0 Å². The van der Waals surface area contributed by atoms with E-state index in [4.69, 9.17) is 0 Å². The summed E-state index contributed by atoms with van der Waals surface area (Å²) in [6.07, 6.45) is 7.28. The Labute approximate surface area is 146 Å². The topological polar surface area (TPSA) is 56.7 Å². The number of amides is 1. The molecule has 0 aliphatic heterocycles. The standard InChI is InChI=1S/C17H34N4OS/c1-14(2)11-17(7-6-8-17)13-20-16(18-9-10-23-5)19-12-15(22)21(3)4/h14H,6-13H2,1-5H3,(H2,18,19,20). The van der Waals surface area contributed by atoms with Crippen LogP contribution >= 0.6 is 11.8 Å². The van der Waals surface area contributed by atoms with Gasteiger partial charge in [0.1, 0.15) is 6.54 Å². The lowest BCUT2D eigenvalue weighted by molar-refractivity contribution is -0.127. The van der Waals surface area contributed by atoms with Crippen molar-refractivity contribution in [3.05, 3.63) is 0 Å². The summed E-state index contributed by atoms with van der Waals surface area (Å²) in [7, 11) is 3.52. The molecule has 0 saturated heterocycles. The average Bonchev–Trinajstić information content (AvgIpc) is 2.45. The highest BCUT2D eigenvalue weighted by Crippen LogP contribution is 2.45. The quantitative estimate of drug-likeness (QED) is 0.383. The molecule has 0 atom stereocenters. The molecule has 1 aliphatic rings. The van der Waals surface area contributed by atoms with Gasteiger partial charge in [-0.2, -0.15) is 11.8 Å². The Morgan fingerprint density at radius 3 is 2.48 bits per heavy atom. The van der Waals surface area contributed by atoms with Crippen LogP contribution in [-0.2, 0) is 4.79 Å². The molecule has 0 heterocycles. The fraction of sp³-hybridized carbons (Fsp3) is 0.882. The van der Waals surface area contributed by atoms with Gasteiger partial charge in [-0.1, -0.05) is 20.3 Å². The van der Waals surface area contributed by atoms with Gasteiger partial charge >= 0.3 is 0 Å². The Bertz CT molecular complexity index is 392. The van der Waals surface area contributed by atoms with Crippen molar-refractivity contribution in [2.45, 2.75) is 39.5 Å². The molecule has 6 heteroatoms. The number of rotatable bonds is 9. The number of thioether (sulfide) groups is 1. The molecule has 0 aromatic rings. The molecule has 1 saturated carbocycles. The van der Waals surface area contributed by atoms with Crippen molar-refractivity contribution in [2.24, 2.45) is 16.3 Å². The highest BCUT2D eigenvalue weighted by Gasteiger charge is 2.37. The van der Waals surface area contributed by atoms with Crippen molar-refractivity contribution in [1.82, 2.24) is 15.5 Å². The number of nitrogens with one attached hydrogen (secondary N) is 2. The van der Waals surface area contributed by atoms with Gasteiger partial charge < -0.3 is 15.5 Å². The van der Waals surface area contributed by atoms with Crippen molar-refractivity contribution in [1.29, 1.82) is 0 Å². The maximum Gasteiger partial charge on any atom is 0.243 e. The molecule has 0 aromatic heterocycles. The molecule has 0 bridgehead atoms. The predicted octanol–water partition coefficient (Wildman–Crippen LogP) is 2.19. The summed E-state index contributed by atoms with van der Waals surface area (Å²) in [6.45, 7) is 6.59. The number of carbonyl (C=O) groups is 1. The van der Waals surface area contributed by atoms with Gasteiger partial charge in [-0.05, 0) is 36.9 Å². The van der Waals surface area contributed by atoms with E-state index in [-0.39, 0.29) is 12.5 Å². The van der Waals surface area contributed by atoms with E-state index in [9.17, 15) is 4.79 Å². The van der Waals surface area contributed by atoms with Crippen LogP contribution in [0.25, 0.3) is 0 Å². The van der Waals surface area contributed by atoms with Crippen LogP contribution in [0.3, 0.4) is 0 Å². The molecular formula is C17H34N4OS. The van der Waals surface area contributed by atoms with Gasteiger partial charge in [0.15, 0.2) is 5.96 Å². The molecule has 0 spiro atoms. The fourth-order valence-corrected chi connectivity index (χ4v) is 3.31. The van der Waals surface area contributed by atoms with Gasteiger partial charge in [-0.3, -0.25) is 4.79 Å². The Morgan fingerprint density at radius 2 is 2.00 bits per heavy atom. The molecule has 1 fully saturated rings. The Kier molecular flexibility index (Phi) is 8.81. The smallest absolute Gasteiger partial charge is 0.243 e. The molecule has 134 valence electrons. The van der Waals surface area contributed by atoms with E-state index in [0.717, 1.165) is 30.7 Å². The summed E-state index contributed by atoms with van der Waals surface area (Å²) < 4.78 is 0. The van der Waals surface area contributed by atoms with Crippen LogP contribution in [0.2, 0.25) is 0 Å². The molecule has 1 aliphatic carbocycles. The number of hydrogen-bond acceptors (Lipinski definition) is 3. The lowest BCUT2D eigenvalue weighted by Crippen LogP contribution is -2.47. The van der Waals surface area contributed by atoms with Crippen LogP contribution in [0.15, 0.2) is 4.99 Å². The van der Waals surface area contributed by atoms with Gasteiger partial charge in [0.2, 0.25) is 5.91 Å². The minimum atomic E-state index is 0.0245. The second-order valence-electron chi connectivity index (χ2n) is 7.18. The number of nitrogens with zero attached hydrogens (tertiary/aromatic N) is 2. The van der Waals surface area contributed by atoms with Crippen LogP contribution < -0.4 is 10.6 Å². The molecule has 0 aromatic carbocycles. The Hall–Kier alpha value is -0.910. The predicted molar refractivity (Wildman–Crippen MR) is 101 cm³/mol. The van der Waals surface area contributed by atoms with Crippen molar-refractivity contribution < 1.29 is 4.79 Å². The van der Waals surface area contributed by atoms with E-state index in [1.165, 1.54) is 25.7 Å². The van der Waals surface area contributed by atoms with Gasteiger partial charge in [0.25, 0.3) is 0 Å². The third kappa shape index (κ3) is 7.46. The molecule has 0 radical (unpaired) electrons. The van der Waals surface area contributed by atoms with Gasteiger partial charge in [-0.25, -0.2) is 4.99 Å². The zero-order chi connectivity index (χ0) is 17.3. The van der Waals surface area contributed by atoms with Gasteiger partial charge in [0.05, 0.1) is 0 Å². The van der Waals surface area contributed by atoms with E-state index in [2.05, 4.69) is 35.7 Å². The minimum absolute atomic E-state index is 0.0245. The van der Waals surface area contributed by atoms with E-state index in [0.29, 0.717) is 5.41 Å². The van der Waals surface area contributed by atoms with E-state index in [1.807, 2.05) is 0 Å². The lowest BCUT2D eigenvalue weighted by Gasteiger charge is -2.43. The van der Waals surface area contributed by atoms with Crippen molar-refractivity contribution in [2.75, 3.05) is 45.7 Å². The first-order valence-corrected chi connectivity index (χ1v) is 9.99. The summed E-state index contributed by atoms with van der Waals surface area (Å²) in [5.74, 6) is 2.54. The summed E-state index contributed by atoms with van der Waals surface area (Å²) in [6, 6.07) is 0. The van der Waals surface area contributed by atoms with Crippen LogP contribution in [0.5, 0.6) is 0 Å². The number of carbonyl (C=O) groups excluding carboxylic acids is 1. The Balaban J connectivity index is 2.57. The first-order chi connectivity index (χ1) is 10.9. The normalized spacial score (nSPS) is 16.9. The highest BCUT2D eigenvalue weighted by molar-refractivity contribution is 7.98. The zero-order valence-corrected chi connectivity index (χ0v) is 16.3. The molecular weight excluding hydrogens is 308 g/mol. The third-order valence-corrected chi connectivity index (χ3v) is 4.97. The second-order valence-corrected chi connectivity index (χ2v) is 8.16. The minimum Gasteiger partial charge on any atom is -0.356 e. The van der Waals surface area contributed by atoms with Crippen LogP contribution in [-0.4, -0.2) is 62.5 Å². The molecule has 5 nitrogen and oxygen atoms in total. The monoisotopic (exact) mass is 342 g/mol. The number of aliphatic imine (C=N–C) groups is 1. The van der Waals surface area contributed by atoms with Crippen LogP contribution in [0.4, 0.5) is 0 Å². The van der Waals surface area contributed by atoms with E-state index in [1.54, 1.807) is 30.8 Å². The summed E-state index contributed by atoms with van der Waals surface area (Å²) in [5.41, 5.74) is 0.418. The molecule has 1 amide bonds. The maximum absolute atomic E-state index is 11.8. The highest BCUT2D eigenvalue weighted by atomic mass is 32.2. The SMILES string of the molecule is CSCCNC(=NCC(=O)N(C)C)NCC1(CC(C)C)CCC1. The molecule has 23 heavy (non-hydrogen) atoms. The van der Waals surface area contributed by atoms with Gasteiger partial charge in [0, 0.05) is 32.9 Å². The number of hydrogen-bond donors (Lipinski definition) is 2. The summed E-state index contributed by atoms with van der Waals surface area (Å²) in [4.78, 5) is 17.8. The first-order valence-electron chi connectivity index (χ1n) is 8.60. The molecule has 0 unspecified atom stereocenters.